The van der Waals surface area contributed by atoms with E-state index in [9.17, 15) is 14.7 Å². The molecule has 0 bridgehead atoms. The Hall–Kier alpha value is -2.64. The molecule has 1 amide bonds. The monoisotopic (exact) mass is 320 g/mol. The Labute approximate surface area is 133 Å². The molecule has 3 N–H and O–H groups in total. The van der Waals surface area contributed by atoms with Gasteiger partial charge < -0.3 is 14.9 Å². The van der Waals surface area contributed by atoms with E-state index in [2.05, 4.69) is 20.7 Å². The molecule has 0 aromatic carbocycles. The molecule has 0 aliphatic carbocycles. The first kappa shape index (κ1) is 16.7. The first-order chi connectivity index (χ1) is 10.8. The highest BCUT2D eigenvalue weighted by molar-refractivity contribution is 5.94. The standard InChI is InChI=1S/C15H20N4O4/c1-7(2)5-10-6-11(23-19-10)14(20)16-13(15(21)22)12-8(3)17-18-9(12)4/h6-7,13H,5H2,1-4H3,(H,16,20)(H,17,18)(H,21,22)/t13-/m0/s1. The lowest BCUT2D eigenvalue weighted by molar-refractivity contribution is -0.139. The van der Waals surface area contributed by atoms with Gasteiger partial charge in [0, 0.05) is 17.3 Å². The van der Waals surface area contributed by atoms with Gasteiger partial charge in [0.25, 0.3) is 5.91 Å². The first-order valence-corrected chi connectivity index (χ1v) is 7.30. The second kappa shape index (κ2) is 6.64. The topological polar surface area (TPSA) is 121 Å². The molecule has 0 unspecified atom stereocenters. The number of carboxylic acid groups (broad SMARTS) is 1. The number of aliphatic carboxylic acids is 1. The van der Waals surface area contributed by atoms with Crippen LogP contribution in [0.15, 0.2) is 10.6 Å². The van der Waals surface area contributed by atoms with Gasteiger partial charge in [-0.25, -0.2) is 4.79 Å². The number of nitrogens with zero attached hydrogens (tertiary/aromatic N) is 2. The maximum absolute atomic E-state index is 12.2. The van der Waals surface area contributed by atoms with Gasteiger partial charge in [0.15, 0.2) is 6.04 Å². The second-order valence-corrected chi connectivity index (χ2v) is 5.87. The van der Waals surface area contributed by atoms with Crippen molar-refractivity contribution < 1.29 is 19.2 Å². The molecule has 2 heterocycles. The maximum Gasteiger partial charge on any atom is 0.331 e. The third-order valence-corrected chi connectivity index (χ3v) is 3.40. The van der Waals surface area contributed by atoms with Crippen molar-refractivity contribution in [2.24, 2.45) is 5.92 Å². The van der Waals surface area contributed by atoms with Crippen LogP contribution in [0.4, 0.5) is 0 Å². The minimum atomic E-state index is -1.21. The van der Waals surface area contributed by atoms with Crippen molar-refractivity contribution in [3.05, 3.63) is 34.5 Å². The molecule has 1 atom stereocenters. The van der Waals surface area contributed by atoms with E-state index in [4.69, 9.17) is 4.52 Å². The molecule has 0 aliphatic heterocycles. The Morgan fingerprint density at radius 3 is 2.61 bits per heavy atom. The summed E-state index contributed by atoms with van der Waals surface area (Å²) in [6.07, 6.45) is 0.680. The van der Waals surface area contributed by atoms with Crippen LogP contribution < -0.4 is 5.32 Å². The van der Waals surface area contributed by atoms with Crippen molar-refractivity contribution in [3.63, 3.8) is 0 Å². The van der Waals surface area contributed by atoms with Crippen LogP contribution in [-0.2, 0) is 11.2 Å². The Kier molecular flexibility index (Phi) is 4.83. The fraction of sp³-hybridized carbons (Fsp3) is 0.467. The summed E-state index contributed by atoms with van der Waals surface area (Å²) in [5.74, 6) is -1.43. The summed E-state index contributed by atoms with van der Waals surface area (Å²) in [6, 6.07) is 0.323. The average Bonchev–Trinajstić information content (AvgIpc) is 3.03. The summed E-state index contributed by atoms with van der Waals surface area (Å²) in [7, 11) is 0. The van der Waals surface area contributed by atoms with E-state index in [0.717, 1.165) is 0 Å². The summed E-state index contributed by atoms with van der Waals surface area (Å²) in [5, 5.41) is 22.4. The van der Waals surface area contributed by atoms with Crippen molar-refractivity contribution in [3.8, 4) is 0 Å². The van der Waals surface area contributed by atoms with Crippen molar-refractivity contribution >= 4 is 11.9 Å². The highest BCUT2D eigenvalue weighted by atomic mass is 16.5. The lowest BCUT2D eigenvalue weighted by atomic mass is 10.0. The van der Waals surface area contributed by atoms with Gasteiger partial charge in [-0.15, -0.1) is 0 Å². The number of aromatic nitrogens is 3. The van der Waals surface area contributed by atoms with Crippen molar-refractivity contribution in [2.75, 3.05) is 0 Å². The quantitative estimate of drug-likeness (QED) is 0.746. The molecular weight excluding hydrogens is 300 g/mol. The minimum absolute atomic E-state index is 0.00861. The van der Waals surface area contributed by atoms with Gasteiger partial charge in [0.05, 0.1) is 11.4 Å². The van der Waals surface area contributed by atoms with Crippen LogP contribution in [0.1, 0.15) is 53.1 Å². The number of aryl methyl sites for hydroxylation is 2. The number of carbonyl (C=O) groups is 2. The molecule has 8 nitrogen and oxygen atoms in total. The van der Waals surface area contributed by atoms with Crippen LogP contribution in [0, 0.1) is 19.8 Å². The number of nitrogens with one attached hydrogen (secondary N) is 2. The van der Waals surface area contributed by atoms with E-state index < -0.39 is 17.9 Å². The lowest BCUT2D eigenvalue weighted by Crippen LogP contribution is -2.34. The smallest absolute Gasteiger partial charge is 0.331 e. The van der Waals surface area contributed by atoms with Gasteiger partial charge in [-0.3, -0.25) is 9.89 Å². The molecule has 23 heavy (non-hydrogen) atoms. The number of carboxylic acids is 1. The second-order valence-electron chi connectivity index (χ2n) is 5.87. The number of amides is 1. The molecule has 0 aliphatic rings. The van der Waals surface area contributed by atoms with Crippen molar-refractivity contribution in [1.29, 1.82) is 0 Å². The Morgan fingerprint density at radius 2 is 2.09 bits per heavy atom. The Bertz CT molecular complexity index is 697. The largest absolute Gasteiger partial charge is 0.479 e. The number of carbonyl (C=O) groups excluding carboxylic acids is 1. The van der Waals surface area contributed by atoms with E-state index in [1.54, 1.807) is 13.8 Å². The van der Waals surface area contributed by atoms with Crippen LogP contribution in [0.3, 0.4) is 0 Å². The van der Waals surface area contributed by atoms with Gasteiger partial charge in [-0.05, 0) is 26.2 Å². The van der Waals surface area contributed by atoms with Gasteiger partial charge in [0.2, 0.25) is 5.76 Å². The maximum atomic E-state index is 12.2. The van der Waals surface area contributed by atoms with Crippen molar-refractivity contribution in [2.45, 2.75) is 40.2 Å². The molecule has 8 heteroatoms. The van der Waals surface area contributed by atoms with E-state index in [0.29, 0.717) is 35.0 Å². The predicted molar refractivity (Wildman–Crippen MR) is 80.9 cm³/mol. The molecule has 0 spiro atoms. The summed E-state index contributed by atoms with van der Waals surface area (Å²) in [6.45, 7) is 7.43. The average molecular weight is 320 g/mol. The summed E-state index contributed by atoms with van der Waals surface area (Å²) >= 11 is 0. The third kappa shape index (κ3) is 3.77. The predicted octanol–water partition coefficient (Wildman–Crippen LogP) is 1.77. The Balaban J connectivity index is 2.19. The number of aromatic amines is 1. The number of hydrogen-bond acceptors (Lipinski definition) is 5. The highest BCUT2D eigenvalue weighted by Crippen LogP contribution is 2.20. The van der Waals surface area contributed by atoms with E-state index >= 15 is 0 Å². The van der Waals surface area contributed by atoms with Crippen LogP contribution in [0.2, 0.25) is 0 Å². The van der Waals surface area contributed by atoms with Gasteiger partial charge in [0.1, 0.15) is 0 Å². The molecule has 0 fully saturated rings. The van der Waals surface area contributed by atoms with Gasteiger partial charge in [-0.1, -0.05) is 19.0 Å². The summed E-state index contributed by atoms with van der Waals surface area (Å²) < 4.78 is 5.01. The number of hydrogen-bond donors (Lipinski definition) is 3. The molecule has 0 saturated heterocycles. The fourth-order valence-electron chi connectivity index (χ4n) is 2.38. The zero-order valence-corrected chi connectivity index (χ0v) is 13.5. The molecule has 2 rings (SSSR count). The van der Waals surface area contributed by atoms with Crippen LogP contribution in [0.25, 0.3) is 0 Å². The number of H-pyrrole nitrogens is 1. The zero-order chi connectivity index (χ0) is 17.1. The zero-order valence-electron chi connectivity index (χ0n) is 13.5. The molecule has 2 aromatic rings. The highest BCUT2D eigenvalue weighted by Gasteiger charge is 2.28. The SMILES string of the molecule is Cc1n[nH]c(C)c1[C@H](NC(=O)c1cc(CC(C)C)no1)C(=O)O. The fourth-order valence-corrected chi connectivity index (χ4v) is 2.38. The van der Waals surface area contributed by atoms with Crippen LogP contribution in [0.5, 0.6) is 0 Å². The normalized spacial score (nSPS) is 12.4. The van der Waals surface area contributed by atoms with E-state index in [1.165, 1.54) is 6.07 Å². The summed E-state index contributed by atoms with van der Waals surface area (Å²) in [5.41, 5.74) is 2.21. The molecular formula is C15H20N4O4. The lowest BCUT2D eigenvalue weighted by Gasteiger charge is -2.13. The first-order valence-electron chi connectivity index (χ1n) is 7.30. The summed E-state index contributed by atoms with van der Waals surface area (Å²) in [4.78, 5) is 23.8. The van der Waals surface area contributed by atoms with Crippen LogP contribution >= 0.6 is 0 Å². The van der Waals surface area contributed by atoms with Crippen molar-refractivity contribution in [1.82, 2.24) is 20.7 Å². The molecule has 2 aromatic heterocycles. The van der Waals surface area contributed by atoms with Gasteiger partial charge in [-0.2, -0.15) is 5.10 Å². The van der Waals surface area contributed by atoms with Crippen LogP contribution in [-0.4, -0.2) is 32.3 Å². The van der Waals surface area contributed by atoms with Gasteiger partial charge >= 0.3 is 5.97 Å². The third-order valence-electron chi connectivity index (χ3n) is 3.40. The molecule has 0 saturated carbocycles. The molecule has 124 valence electrons. The van der Waals surface area contributed by atoms with E-state index in [-0.39, 0.29) is 5.76 Å². The number of rotatable bonds is 6. The molecule has 0 radical (unpaired) electrons. The Morgan fingerprint density at radius 1 is 1.39 bits per heavy atom. The minimum Gasteiger partial charge on any atom is -0.479 e. The van der Waals surface area contributed by atoms with E-state index in [1.807, 2.05) is 13.8 Å².